The van der Waals surface area contributed by atoms with Gasteiger partial charge < -0.3 is 10.5 Å². The van der Waals surface area contributed by atoms with Crippen molar-refractivity contribution in [2.75, 3.05) is 12.3 Å². The van der Waals surface area contributed by atoms with Crippen LogP contribution in [0, 0.1) is 5.92 Å². The van der Waals surface area contributed by atoms with Crippen LogP contribution in [0.4, 0.5) is 5.69 Å². The fourth-order valence-corrected chi connectivity index (χ4v) is 2.37. The van der Waals surface area contributed by atoms with E-state index < -0.39 is 0 Å². The maximum atomic E-state index is 11.8. The molecule has 1 aromatic carbocycles. The van der Waals surface area contributed by atoms with Crippen LogP contribution in [0.5, 0.6) is 0 Å². The van der Waals surface area contributed by atoms with E-state index in [0.717, 1.165) is 4.47 Å². The molecule has 0 aromatic heterocycles. The van der Waals surface area contributed by atoms with Gasteiger partial charge in [0.25, 0.3) is 0 Å². The summed E-state index contributed by atoms with van der Waals surface area (Å²) in [5.41, 5.74) is 6.80. The molecule has 1 aromatic rings. The van der Waals surface area contributed by atoms with E-state index in [2.05, 4.69) is 15.9 Å². The Bertz CT molecular complexity index is 414. The van der Waals surface area contributed by atoms with Gasteiger partial charge in [-0.15, -0.1) is 0 Å². The zero-order chi connectivity index (χ0) is 12.3. The van der Waals surface area contributed by atoms with Gasteiger partial charge in [-0.05, 0) is 52.9 Å². The highest BCUT2D eigenvalue weighted by molar-refractivity contribution is 9.10. The second-order valence-corrected chi connectivity index (χ2v) is 5.34. The molecule has 0 unspecified atom stereocenters. The number of carbonyl (C=O) groups is 1. The average molecular weight is 298 g/mol. The third-order valence-electron chi connectivity index (χ3n) is 3.16. The number of esters is 1. The number of nitrogen functional groups attached to an aromatic ring is 1. The Hall–Kier alpha value is -1.03. The number of benzene rings is 1. The van der Waals surface area contributed by atoms with Crippen LogP contribution in [-0.4, -0.2) is 12.6 Å². The van der Waals surface area contributed by atoms with Gasteiger partial charge in [-0.1, -0.05) is 12.8 Å². The average Bonchev–Trinajstić information content (AvgIpc) is 2.82. The van der Waals surface area contributed by atoms with Crippen molar-refractivity contribution in [3.05, 3.63) is 28.2 Å². The smallest absolute Gasteiger partial charge is 0.338 e. The van der Waals surface area contributed by atoms with Crippen LogP contribution in [0.25, 0.3) is 0 Å². The normalized spacial score (nSPS) is 16.1. The summed E-state index contributed by atoms with van der Waals surface area (Å²) in [5, 5.41) is 0. The van der Waals surface area contributed by atoms with E-state index in [1.165, 1.54) is 25.7 Å². The van der Waals surface area contributed by atoms with Crippen LogP contribution in [0.1, 0.15) is 36.0 Å². The van der Waals surface area contributed by atoms with E-state index in [1.807, 2.05) is 0 Å². The maximum absolute atomic E-state index is 11.8. The molecule has 0 heterocycles. The molecule has 92 valence electrons. The Labute approximate surface area is 109 Å². The fourth-order valence-electron chi connectivity index (χ4n) is 2.12. The molecule has 1 aliphatic carbocycles. The second kappa shape index (κ2) is 5.54. The topological polar surface area (TPSA) is 52.3 Å². The Kier molecular flexibility index (Phi) is 4.05. The van der Waals surface area contributed by atoms with E-state index in [9.17, 15) is 4.79 Å². The van der Waals surface area contributed by atoms with Crippen LogP contribution >= 0.6 is 15.9 Å². The van der Waals surface area contributed by atoms with E-state index in [1.54, 1.807) is 18.2 Å². The molecule has 0 radical (unpaired) electrons. The summed E-state index contributed by atoms with van der Waals surface area (Å²) in [6.45, 7) is 0.537. The van der Waals surface area contributed by atoms with E-state index >= 15 is 0 Å². The summed E-state index contributed by atoms with van der Waals surface area (Å²) in [6.07, 6.45) is 4.87. The molecule has 0 atom stereocenters. The minimum absolute atomic E-state index is 0.281. The molecule has 2 N–H and O–H groups in total. The van der Waals surface area contributed by atoms with Gasteiger partial charge in [-0.25, -0.2) is 4.79 Å². The summed E-state index contributed by atoms with van der Waals surface area (Å²) >= 11 is 3.29. The first-order chi connectivity index (χ1) is 8.16. The number of halogens is 1. The lowest BCUT2D eigenvalue weighted by Gasteiger charge is -2.10. The summed E-state index contributed by atoms with van der Waals surface area (Å²) in [7, 11) is 0. The second-order valence-electron chi connectivity index (χ2n) is 4.49. The quantitative estimate of drug-likeness (QED) is 0.687. The highest BCUT2D eigenvalue weighted by Crippen LogP contribution is 2.25. The molecule has 0 spiro atoms. The molecule has 0 aliphatic heterocycles. The van der Waals surface area contributed by atoms with Crippen LogP contribution < -0.4 is 5.73 Å². The van der Waals surface area contributed by atoms with Crippen LogP contribution in [0.3, 0.4) is 0 Å². The number of hydrogen-bond acceptors (Lipinski definition) is 3. The zero-order valence-electron chi connectivity index (χ0n) is 9.62. The molecular weight excluding hydrogens is 282 g/mol. The lowest BCUT2D eigenvalue weighted by molar-refractivity contribution is 0.0442. The van der Waals surface area contributed by atoms with Crippen molar-refractivity contribution >= 4 is 27.6 Å². The van der Waals surface area contributed by atoms with Crippen LogP contribution in [0.15, 0.2) is 22.7 Å². The third-order valence-corrected chi connectivity index (χ3v) is 3.88. The number of anilines is 1. The van der Waals surface area contributed by atoms with Gasteiger partial charge in [0.15, 0.2) is 0 Å². The molecule has 17 heavy (non-hydrogen) atoms. The standard InChI is InChI=1S/C13H16BrNO2/c14-11-6-5-10(7-12(11)15)13(16)17-8-9-3-1-2-4-9/h5-7,9H,1-4,8,15H2. The van der Waals surface area contributed by atoms with Crippen molar-refractivity contribution in [1.82, 2.24) is 0 Å². The first-order valence-corrected chi connectivity index (χ1v) is 6.68. The van der Waals surface area contributed by atoms with Crippen molar-refractivity contribution < 1.29 is 9.53 Å². The summed E-state index contributed by atoms with van der Waals surface area (Å²) in [4.78, 5) is 11.8. The highest BCUT2D eigenvalue weighted by atomic mass is 79.9. The molecule has 4 heteroatoms. The van der Waals surface area contributed by atoms with Gasteiger partial charge in [0.2, 0.25) is 0 Å². The molecule has 3 nitrogen and oxygen atoms in total. The molecule has 1 fully saturated rings. The molecule has 0 amide bonds. The van der Waals surface area contributed by atoms with Crippen molar-refractivity contribution in [1.29, 1.82) is 0 Å². The number of ether oxygens (including phenoxy) is 1. The maximum Gasteiger partial charge on any atom is 0.338 e. The molecule has 0 bridgehead atoms. The first-order valence-electron chi connectivity index (χ1n) is 5.89. The molecule has 2 rings (SSSR count). The summed E-state index contributed by atoms with van der Waals surface area (Å²) in [5.74, 6) is 0.267. The zero-order valence-corrected chi connectivity index (χ0v) is 11.2. The van der Waals surface area contributed by atoms with Crippen molar-refractivity contribution in [3.63, 3.8) is 0 Å². The van der Waals surface area contributed by atoms with E-state index in [-0.39, 0.29) is 5.97 Å². The van der Waals surface area contributed by atoms with Gasteiger partial charge in [-0.3, -0.25) is 0 Å². The Morgan fingerprint density at radius 3 is 2.76 bits per heavy atom. The molecule has 1 aliphatic rings. The van der Waals surface area contributed by atoms with Crippen molar-refractivity contribution in [2.24, 2.45) is 5.92 Å². The summed E-state index contributed by atoms with van der Waals surface area (Å²) < 4.78 is 6.09. The van der Waals surface area contributed by atoms with Crippen molar-refractivity contribution in [2.45, 2.75) is 25.7 Å². The monoisotopic (exact) mass is 297 g/mol. The Morgan fingerprint density at radius 1 is 1.41 bits per heavy atom. The Balaban J connectivity index is 1.92. The minimum Gasteiger partial charge on any atom is -0.462 e. The predicted molar refractivity (Wildman–Crippen MR) is 70.8 cm³/mol. The Morgan fingerprint density at radius 2 is 2.12 bits per heavy atom. The molecular formula is C13H16BrNO2. The number of rotatable bonds is 3. The number of carbonyl (C=O) groups excluding carboxylic acids is 1. The van der Waals surface area contributed by atoms with Gasteiger partial charge in [0, 0.05) is 10.2 Å². The summed E-state index contributed by atoms with van der Waals surface area (Å²) in [6, 6.07) is 5.12. The SMILES string of the molecule is Nc1cc(C(=O)OCC2CCCC2)ccc1Br. The first kappa shape index (κ1) is 12.4. The van der Waals surface area contributed by atoms with Crippen LogP contribution in [0.2, 0.25) is 0 Å². The predicted octanol–water partition coefficient (Wildman–Crippen LogP) is 3.38. The number of hydrogen-bond donors (Lipinski definition) is 1. The van der Waals surface area contributed by atoms with Crippen LogP contribution in [-0.2, 0) is 4.74 Å². The van der Waals surface area contributed by atoms with E-state index in [4.69, 9.17) is 10.5 Å². The van der Waals surface area contributed by atoms with Gasteiger partial charge >= 0.3 is 5.97 Å². The lowest BCUT2D eigenvalue weighted by Crippen LogP contribution is -2.12. The van der Waals surface area contributed by atoms with E-state index in [0.29, 0.717) is 23.8 Å². The molecule has 1 saturated carbocycles. The highest BCUT2D eigenvalue weighted by Gasteiger charge is 2.17. The number of nitrogens with two attached hydrogens (primary N) is 1. The van der Waals surface area contributed by atoms with Gasteiger partial charge in [0.1, 0.15) is 0 Å². The molecule has 0 saturated heterocycles. The largest absolute Gasteiger partial charge is 0.462 e. The van der Waals surface area contributed by atoms with Gasteiger partial charge in [0.05, 0.1) is 12.2 Å². The minimum atomic E-state index is -0.281. The third kappa shape index (κ3) is 3.22. The fraction of sp³-hybridized carbons (Fsp3) is 0.462. The van der Waals surface area contributed by atoms with Crippen molar-refractivity contribution in [3.8, 4) is 0 Å². The van der Waals surface area contributed by atoms with Gasteiger partial charge in [-0.2, -0.15) is 0 Å². The lowest BCUT2D eigenvalue weighted by atomic mass is 10.1.